The van der Waals surface area contributed by atoms with E-state index in [1.54, 1.807) is 12.3 Å². The Hall–Kier alpha value is -2.69. The number of hydrogen-bond acceptors (Lipinski definition) is 4. The predicted octanol–water partition coefficient (Wildman–Crippen LogP) is 1.97. The van der Waals surface area contributed by atoms with Crippen molar-refractivity contribution in [1.29, 1.82) is 0 Å². The number of pyridine rings is 1. The number of nitrogens with zero attached hydrogens (tertiary/aromatic N) is 2. The highest BCUT2D eigenvalue weighted by Crippen LogP contribution is 2.07. The van der Waals surface area contributed by atoms with Gasteiger partial charge in [0.25, 0.3) is 5.56 Å². The first-order chi connectivity index (χ1) is 9.83. The topological polar surface area (TPSA) is 70.7 Å². The molecule has 0 aliphatic carbocycles. The summed E-state index contributed by atoms with van der Waals surface area (Å²) in [5.74, 6) is 0.498. The number of anilines is 1. The summed E-state index contributed by atoms with van der Waals surface area (Å²) in [5.41, 5.74) is 1.71. The van der Waals surface area contributed by atoms with E-state index in [9.17, 15) is 4.79 Å². The van der Waals surface area contributed by atoms with Gasteiger partial charge >= 0.3 is 0 Å². The van der Waals surface area contributed by atoms with Crippen LogP contribution in [0.5, 0.6) is 0 Å². The summed E-state index contributed by atoms with van der Waals surface area (Å²) in [4.78, 5) is 23.1. The molecule has 0 saturated carbocycles. The van der Waals surface area contributed by atoms with Crippen LogP contribution in [0.15, 0.2) is 53.6 Å². The minimum Gasteiger partial charge on any atom is -0.355 e. The number of aromatic amines is 1. The molecule has 0 atom stereocenters. The standard InChI is InChI=1S/C15H14N4O/c20-14-12-5-1-2-6-13(12)18-15(19-14)17-9-7-11-4-3-8-16-10-11/h1-6,8,10H,7,9H2,(H2,17,18,19,20). The Balaban J connectivity index is 1.73. The summed E-state index contributed by atoms with van der Waals surface area (Å²) in [7, 11) is 0. The van der Waals surface area contributed by atoms with E-state index >= 15 is 0 Å². The second-order valence-corrected chi connectivity index (χ2v) is 4.47. The SMILES string of the molecule is O=c1[nH]c(NCCc2cccnc2)nc2ccccc12. The number of para-hydroxylation sites is 1. The quantitative estimate of drug-likeness (QED) is 0.757. The van der Waals surface area contributed by atoms with Crippen LogP contribution >= 0.6 is 0 Å². The molecular weight excluding hydrogens is 252 g/mol. The van der Waals surface area contributed by atoms with Crippen LogP contribution < -0.4 is 10.9 Å². The highest BCUT2D eigenvalue weighted by molar-refractivity contribution is 5.78. The van der Waals surface area contributed by atoms with Crippen LogP contribution in [-0.2, 0) is 6.42 Å². The lowest BCUT2D eigenvalue weighted by atomic mass is 10.2. The van der Waals surface area contributed by atoms with Crippen LogP contribution in [0.1, 0.15) is 5.56 Å². The molecule has 0 aliphatic rings. The lowest BCUT2D eigenvalue weighted by Crippen LogP contribution is -2.14. The Morgan fingerprint density at radius 2 is 2.05 bits per heavy atom. The molecule has 100 valence electrons. The molecule has 5 heteroatoms. The van der Waals surface area contributed by atoms with Gasteiger partial charge in [0.05, 0.1) is 10.9 Å². The first-order valence-corrected chi connectivity index (χ1v) is 6.45. The zero-order valence-electron chi connectivity index (χ0n) is 10.8. The maximum absolute atomic E-state index is 11.9. The molecule has 0 radical (unpaired) electrons. The van der Waals surface area contributed by atoms with E-state index in [0.29, 0.717) is 23.4 Å². The molecule has 1 aromatic carbocycles. The van der Waals surface area contributed by atoms with Crippen molar-refractivity contribution in [1.82, 2.24) is 15.0 Å². The monoisotopic (exact) mass is 266 g/mol. The Morgan fingerprint density at radius 3 is 2.90 bits per heavy atom. The first-order valence-electron chi connectivity index (χ1n) is 6.45. The van der Waals surface area contributed by atoms with Crippen molar-refractivity contribution in [3.8, 4) is 0 Å². The number of benzene rings is 1. The average Bonchev–Trinajstić information content (AvgIpc) is 2.48. The van der Waals surface area contributed by atoms with E-state index in [2.05, 4.69) is 20.3 Å². The highest BCUT2D eigenvalue weighted by Gasteiger charge is 2.02. The molecule has 2 heterocycles. The van der Waals surface area contributed by atoms with E-state index < -0.39 is 0 Å². The molecule has 2 aromatic heterocycles. The van der Waals surface area contributed by atoms with Gasteiger partial charge in [-0.2, -0.15) is 0 Å². The zero-order valence-corrected chi connectivity index (χ0v) is 10.8. The van der Waals surface area contributed by atoms with E-state index in [0.717, 1.165) is 12.0 Å². The fourth-order valence-electron chi connectivity index (χ4n) is 2.04. The van der Waals surface area contributed by atoms with E-state index in [1.807, 2.05) is 36.5 Å². The molecule has 3 aromatic rings. The molecule has 0 bridgehead atoms. The molecular formula is C15H14N4O. The smallest absolute Gasteiger partial charge is 0.260 e. The maximum Gasteiger partial charge on any atom is 0.260 e. The van der Waals surface area contributed by atoms with Crippen molar-refractivity contribution in [3.05, 3.63) is 64.7 Å². The number of hydrogen-bond donors (Lipinski definition) is 2. The molecule has 2 N–H and O–H groups in total. The number of nitrogens with one attached hydrogen (secondary N) is 2. The van der Waals surface area contributed by atoms with Crippen LogP contribution in [0.3, 0.4) is 0 Å². The van der Waals surface area contributed by atoms with Crippen molar-refractivity contribution >= 4 is 16.9 Å². The Morgan fingerprint density at radius 1 is 1.15 bits per heavy atom. The van der Waals surface area contributed by atoms with Gasteiger partial charge < -0.3 is 5.32 Å². The first kappa shape index (κ1) is 12.3. The molecule has 5 nitrogen and oxygen atoms in total. The summed E-state index contributed by atoms with van der Waals surface area (Å²) in [5, 5.41) is 3.73. The van der Waals surface area contributed by atoms with Crippen LogP contribution in [-0.4, -0.2) is 21.5 Å². The minimum absolute atomic E-state index is 0.125. The van der Waals surface area contributed by atoms with Gasteiger partial charge in [0.2, 0.25) is 5.95 Å². The molecule has 0 aliphatic heterocycles. The summed E-state index contributed by atoms with van der Waals surface area (Å²) < 4.78 is 0. The van der Waals surface area contributed by atoms with Crippen molar-refractivity contribution in [2.45, 2.75) is 6.42 Å². The van der Waals surface area contributed by atoms with Gasteiger partial charge in [0.1, 0.15) is 0 Å². The maximum atomic E-state index is 11.9. The second kappa shape index (κ2) is 5.52. The van der Waals surface area contributed by atoms with Gasteiger partial charge in [0.15, 0.2) is 0 Å². The van der Waals surface area contributed by atoms with Crippen LogP contribution in [0.4, 0.5) is 5.95 Å². The normalized spacial score (nSPS) is 10.6. The Bertz CT molecular complexity index is 767. The third-order valence-electron chi connectivity index (χ3n) is 3.04. The lowest BCUT2D eigenvalue weighted by Gasteiger charge is -2.06. The van der Waals surface area contributed by atoms with E-state index in [4.69, 9.17) is 0 Å². The molecule has 20 heavy (non-hydrogen) atoms. The van der Waals surface area contributed by atoms with E-state index in [1.165, 1.54) is 0 Å². The summed E-state index contributed by atoms with van der Waals surface area (Å²) in [6, 6.07) is 11.2. The minimum atomic E-state index is -0.125. The van der Waals surface area contributed by atoms with Gasteiger partial charge in [-0.3, -0.25) is 14.8 Å². The second-order valence-electron chi connectivity index (χ2n) is 4.47. The zero-order chi connectivity index (χ0) is 13.8. The third-order valence-corrected chi connectivity index (χ3v) is 3.04. The van der Waals surface area contributed by atoms with Gasteiger partial charge in [-0.25, -0.2) is 4.98 Å². The van der Waals surface area contributed by atoms with Crippen molar-refractivity contribution in [2.75, 3.05) is 11.9 Å². The third kappa shape index (κ3) is 2.66. The number of fused-ring (bicyclic) bond motifs is 1. The molecule has 0 spiro atoms. The summed E-state index contributed by atoms with van der Waals surface area (Å²) in [6.07, 6.45) is 4.40. The molecule has 0 unspecified atom stereocenters. The van der Waals surface area contributed by atoms with Crippen molar-refractivity contribution in [3.63, 3.8) is 0 Å². The lowest BCUT2D eigenvalue weighted by molar-refractivity contribution is 0.976. The van der Waals surface area contributed by atoms with Gasteiger partial charge in [0, 0.05) is 18.9 Å². The fraction of sp³-hybridized carbons (Fsp3) is 0.133. The molecule has 3 rings (SSSR count). The van der Waals surface area contributed by atoms with Gasteiger partial charge in [-0.05, 0) is 30.2 Å². The Labute approximate surface area is 115 Å². The van der Waals surface area contributed by atoms with E-state index in [-0.39, 0.29) is 5.56 Å². The largest absolute Gasteiger partial charge is 0.355 e. The van der Waals surface area contributed by atoms with Crippen LogP contribution in [0.25, 0.3) is 10.9 Å². The van der Waals surface area contributed by atoms with Crippen molar-refractivity contribution < 1.29 is 0 Å². The van der Waals surface area contributed by atoms with Crippen LogP contribution in [0.2, 0.25) is 0 Å². The average molecular weight is 266 g/mol. The number of rotatable bonds is 4. The summed E-state index contributed by atoms with van der Waals surface area (Å²) in [6.45, 7) is 0.687. The van der Waals surface area contributed by atoms with Crippen LogP contribution in [0, 0.1) is 0 Å². The number of H-pyrrole nitrogens is 1. The summed E-state index contributed by atoms with van der Waals surface area (Å²) >= 11 is 0. The molecule has 0 fully saturated rings. The predicted molar refractivity (Wildman–Crippen MR) is 78.8 cm³/mol. The number of aromatic nitrogens is 3. The molecule has 0 amide bonds. The van der Waals surface area contributed by atoms with Gasteiger partial charge in [-0.15, -0.1) is 0 Å². The Kier molecular flexibility index (Phi) is 3.41. The fourth-order valence-corrected chi connectivity index (χ4v) is 2.04. The highest BCUT2D eigenvalue weighted by atomic mass is 16.1. The van der Waals surface area contributed by atoms with Crippen molar-refractivity contribution in [2.24, 2.45) is 0 Å². The molecule has 0 saturated heterocycles. The van der Waals surface area contributed by atoms with Gasteiger partial charge in [-0.1, -0.05) is 18.2 Å².